The highest BCUT2D eigenvalue weighted by Gasteiger charge is 2.08. The number of benzene rings is 1. The highest BCUT2D eigenvalue weighted by molar-refractivity contribution is 7.90. The van der Waals surface area contributed by atoms with Crippen molar-refractivity contribution in [1.82, 2.24) is 24.5 Å². The summed E-state index contributed by atoms with van der Waals surface area (Å²) in [5.41, 5.74) is 1.76. The molecule has 3 rings (SSSR count). The lowest BCUT2D eigenvalue weighted by Crippen LogP contribution is -2.16. The lowest BCUT2D eigenvalue weighted by atomic mass is 10.1. The van der Waals surface area contributed by atoms with Crippen LogP contribution in [-0.2, 0) is 27.6 Å². The number of carbonyl (C=O) groups excluding carboxylic acids is 1. The molecule has 2 aromatic heterocycles. The first-order valence-corrected chi connectivity index (χ1v) is 9.90. The van der Waals surface area contributed by atoms with Crippen molar-refractivity contribution >= 4 is 21.6 Å². The van der Waals surface area contributed by atoms with Crippen molar-refractivity contribution in [3.8, 4) is 5.69 Å². The molecular weight excluding hydrogens is 356 g/mol. The highest BCUT2D eigenvalue weighted by Crippen LogP contribution is 2.10. The fraction of sp³-hybridized carbons (Fsp3) is 0.250. The summed E-state index contributed by atoms with van der Waals surface area (Å²) in [6, 6.07) is 9.12. The van der Waals surface area contributed by atoms with Crippen LogP contribution in [0, 0.1) is 0 Å². The summed E-state index contributed by atoms with van der Waals surface area (Å²) in [7, 11) is -3.05. The molecule has 0 aliphatic carbocycles. The number of aromatic nitrogens is 5. The molecule has 0 unspecified atom stereocenters. The summed E-state index contributed by atoms with van der Waals surface area (Å²) in [4.78, 5) is 12.1. The Morgan fingerprint density at radius 2 is 1.81 bits per heavy atom. The molecule has 0 fully saturated rings. The van der Waals surface area contributed by atoms with E-state index in [4.69, 9.17) is 0 Å². The molecule has 0 aliphatic rings. The topological polar surface area (TPSA) is 112 Å². The number of sulfone groups is 1. The Balaban J connectivity index is 1.55. The van der Waals surface area contributed by atoms with Crippen molar-refractivity contribution in [2.45, 2.75) is 13.0 Å². The minimum absolute atomic E-state index is 0.000843. The number of hydrogen-bond donors (Lipinski definition) is 1. The lowest BCUT2D eigenvalue weighted by Gasteiger charge is -2.05. The summed E-state index contributed by atoms with van der Waals surface area (Å²) in [5.74, 6) is 0.195. The average molecular weight is 374 g/mol. The van der Waals surface area contributed by atoms with E-state index in [0.717, 1.165) is 11.3 Å². The molecule has 0 spiro atoms. The van der Waals surface area contributed by atoms with E-state index < -0.39 is 9.84 Å². The minimum atomic E-state index is -3.05. The number of anilines is 1. The quantitative estimate of drug-likeness (QED) is 0.651. The minimum Gasteiger partial charge on any atom is -0.309 e. The van der Waals surface area contributed by atoms with Gasteiger partial charge in [0.15, 0.2) is 5.82 Å². The largest absolute Gasteiger partial charge is 0.309 e. The smallest absolute Gasteiger partial charge is 0.229 e. The Hall–Kier alpha value is -3.01. The molecular formula is C16H18N6O3S. The van der Waals surface area contributed by atoms with Gasteiger partial charge in [-0.2, -0.15) is 5.10 Å². The molecule has 0 saturated heterocycles. The Morgan fingerprint density at radius 3 is 2.46 bits per heavy atom. The van der Waals surface area contributed by atoms with E-state index in [2.05, 4.69) is 20.6 Å². The van der Waals surface area contributed by atoms with E-state index in [1.807, 2.05) is 24.3 Å². The van der Waals surface area contributed by atoms with Crippen molar-refractivity contribution in [1.29, 1.82) is 0 Å². The van der Waals surface area contributed by atoms with Crippen molar-refractivity contribution in [3.63, 3.8) is 0 Å². The van der Waals surface area contributed by atoms with E-state index in [9.17, 15) is 13.2 Å². The van der Waals surface area contributed by atoms with Gasteiger partial charge in [-0.3, -0.25) is 14.0 Å². The maximum atomic E-state index is 12.1. The zero-order valence-electron chi connectivity index (χ0n) is 14.1. The van der Waals surface area contributed by atoms with Crippen LogP contribution < -0.4 is 5.32 Å². The number of carbonyl (C=O) groups is 1. The number of amides is 1. The Kier molecular flexibility index (Phi) is 5.12. The zero-order valence-corrected chi connectivity index (χ0v) is 14.9. The van der Waals surface area contributed by atoms with E-state index in [1.165, 1.54) is 10.9 Å². The van der Waals surface area contributed by atoms with Gasteiger partial charge < -0.3 is 5.32 Å². The molecule has 10 heteroatoms. The van der Waals surface area contributed by atoms with Crippen LogP contribution in [0.25, 0.3) is 5.69 Å². The van der Waals surface area contributed by atoms with Gasteiger partial charge >= 0.3 is 0 Å². The highest BCUT2D eigenvalue weighted by atomic mass is 32.2. The predicted octanol–water partition coefficient (Wildman–Crippen LogP) is 0.690. The molecule has 1 amide bonds. The van der Waals surface area contributed by atoms with Gasteiger partial charge in [0.2, 0.25) is 5.91 Å². The van der Waals surface area contributed by atoms with Crippen LogP contribution in [0.1, 0.15) is 5.56 Å². The van der Waals surface area contributed by atoms with Crippen molar-refractivity contribution in [2.24, 2.45) is 0 Å². The van der Waals surface area contributed by atoms with Crippen LogP contribution in [0.3, 0.4) is 0 Å². The fourth-order valence-electron chi connectivity index (χ4n) is 2.30. The maximum absolute atomic E-state index is 12.1. The third kappa shape index (κ3) is 4.99. The van der Waals surface area contributed by atoms with E-state index in [1.54, 1.807) is 29.5 Å². The molecule has 2 heterocycles. The number of hydrogen-bond acceptors (Lipinski definition) is 6. The first-order valence-electron chi connectivity index (χ1n) is 7.84. The summed E-state index contributed by atoms with van der Waals surface area (Å²) in [6.45, 7) is 0.249. The first kappa shape index (κ1) is 17.8. The van der Waals surface area contributed by atoms with Crippen molar-refractivity contribution < 1.29 is 13.2 Å². The van der Waals surface area contributed by atoms with Crippen molar-refractivity contribution in [3.05, 3.63) is 54.7 Å². The van der Waals surface area contributed by atoms with E-state index in [0.29, 0.717) is 5.82 Å². The molecule has 1 aromatic carbocycles. The first-order chi connectivity index (χ1) is 12.4. The second-order valence-corrected chi connectivity index (χ2v) is 8.11. The SMILES string of the molecule is CS(=O)(=O)CCn1ccc(NC(=O)Cc2ccc(-n3cnnc3)cc2)n1. The van der Waals surface area contributed by atoms with Gasteiger partial charge in [0.25, 0.3) is 0 Å². The van der Waals surface area contributed by atoms with Crippen LogP contribution in [0.2, 0.25) is 0 Å². The summed E-state index contributed by atoms with van der Waals surface area (Å²) >= 11 is 0. The van der Waals surface area contributed by atoms with Crippen LogP contribution in [0.4, 0.5) is 5.82 Å². The van der Waals surface area contributed by atoms with Gasteiger partial charge in [0, 0.05) is 24.2 Å². The number of aryl methyl sites for hydroxylation is 1. The van der Waals surface area contributed by atoms with Crippen LogP contribution in [0.15, 0.2) is 49.2 Å². The molecule has 9 nitrogen and oxygen atoms in total. The van der Waals surface area contributed by atoms with Gasteiger partial charge in [-0.25, -0.2) is 8.42 Å². The van der Waals surface area contributed by atoms with E-state index in [-0.39, 0.29) is 24.6 Å². The van der Waals surface area contributed by atoms with Crippen LogP contribution >= 0.6 is 0 Å². The second-order valence-electron chi connectivity index (χ2n) is 5.85. The van der Waals surface area contributed by atoms with Gasteiger partial charge in [-0.1, -0.05) is 12.1 Å². The van der Waals surface area contributed by atoms with Gasteiger partial charge in [-0.05, 0) is 17.7 Å². The monoisotopic (exact) mass is 374 g/mol. The average Bonchev–Trinajstić information content (AvgIpc) is 3.25. The Morgan fingerprint density at radius 1 is 1.12 bits per heavy atom. The number of nitrogens with one attached hydrogen (secondary N) is 1. The molecule has 0 aliphatic heterocycles. The number of nitrogens with zero attached hydrogens (tertiary/aromatic N) is 5. The zero-order chi connectivity index (χ0) is 18.6. The molecule has 0 bridgehead atoms. The maximum Gasteiger partial charge on any atom is 0.229 e. The van der Waals surface area contributed by atoms with Gasteiger partial charge in [-0.15, -0.1) is 10.2 Å². The molecule has 0 radical (unpaired) electrons. The molecule has 26 heavy (non-hydrogen) atoms. The molecule has 3 aromatic rings. The van der Waals surface area contributed by atoms with Gasteiger partial charge in [0.1, 0.15) is 22.5 Å². The third-order valence-corrected chi connectivity index (χ3v) is 4.54. The predicted molar refractivity (Wildman–Crippen MR) is 95.6 cm³/mol. The molecule has 0 saturated carbocycles. The number of rotatable bonds is 7. The summed E-state index contributed by atoms with van der Waals surface area (Å²) in [6.07, 6.45) is 6.21. The molecule has 0 atom stereocenters. The van der Waals surface area contributed by atoms with Crippen LogP contribution in [0.5, 0.6) is 0 Å². The molecule has 136 valence electrons. The Labute approximate surface area is 150 Å². The van der Waals surface area contributed by atoms with Gasteiger partial charge in [0.05, 0.1) is 18.7 Å². The fourth-order valence-corrected chi connectivity index (χ4v) is 2.82. The normalized spacial score (nSPS) is 11.4. The third-order valence-electron chi connectivity index (χ3n) is 3.62. The van der Waals surface area contributed by atoms with Crippen LogP contribution in [-0.4, -0.2) is 50.9 Å². The van der Waals surface area contributed by atoms with Crippen molar-refractivity contribution in [2.75, 3.05) is 17.3 Å². The Bertz CT molecular complexity index is 977. The standard InChI is InChI=1S/C16H18N6O3S/c1-26(24,25)9-8-22-7-6-15(20-22)19-16(23)10-13-2-4-14(5-3-13)21-11-17-18-12-21/h2-7,11-12H,8-10H2,1H3,(H,19,20,23). The lowest BCUT2D eigenvalue weighted by molar-refractivity contribution is -0.115. The second kappa shape index (κ2) is 7.48. The summed E-state index contributed by atoms with van der Waals surface area (Å²) < 4.78 is 25.6. The van der Waals surface area contributed by atoms with E-state index >= 15 is 0 Å². The molecule has 1 N–H and O–H groups in total. The summed E-state index contributed by atoms with van der Waals surface area (Å²) in [5, 5.41) is 14.4.